The Balaban J connectivity index is 2.57. The van der Waals surface area contributed by atoms with E-state index >= 15 is 0 Å². The van der Waals surface area contributed by atoms with Crippen molar-refractivity contribution in [2.75, 3.05) is 7.05 Å². The number of nitrogens with zero attached hydrogens (tertiary/aromatic N) is 1. The van der Waals surface area contributed by atoms with Crippen molar-refractivity contribution < 1.29 is 4.79 Å². The first-order valence-electron chi connectivity index (χ1n) is 5.98. The van der Waals surface area contributed by atoms with Gasteiger partial charge in [-0.25, -0.2) is 0 Å². The largest absolute Gasteiger partial charge is 0.341 e. The van der Waals surface area contributed by atoms with Crippen LogP contribution in [0.3, 0.4) is 0 Å². The Labute approximate surface area is 98.0 Å². The average Bonchev–Trinajstić information content (AvgIpc) is 2.26. The van der Waals surface area contributed by atoms with Gasteiger partial charge >= 0.3 is 0 Å². The molecule has 1 rings (SSSR count). The van der Waals surface area contributed by atoms with Crippen molar-refractivity contribution in [2.45, 2.75) is 57.4 Å². The number of hydrogen-bond acceptors (Lipinski definition) is 1. The number of amides is 1. The number of carbonyl (C=O) groups excluding carboxylic acids is 1. The predicted octanol–water partition coefficient (Wildman–Crippen LogP) is 3.04. The minimum Gasteiger partial charge on any atom is -0.341 e. The number of carbonyl (C=O) groups is 1. The summed E-state index contributed by atoms with van der Waals surface area (Å²) in [6.07, 6.45) is 5.42. The van der Waals surface area contributed by atoms with Gasteiger partial charge in [-0.3, -0.25) is 4.79 Å². The van der Waals surface area contributed by atoms with Crippen molar-refractivity contribution in [1.82, 2.24) is 4.90 Å². The molecule has 0 heterocycles. The SMILES string of the molecule is CCC(C)C(=O)N(C)C1CCCCC1Cl. The summed E-state index contributed by atoms with van der Waals surface area (Å²) in [6.45, 7) is 4.04. The Morgan fingerprint density at radius 1 is 1.47 bits per heavy atom. The van der Waals surface area contributed by atoms with Gasteiger partial charge < -0.3 is 4.90 Å². The average molecular weight is 232 g/mol. The molecular formula is C12H22ClNO. The van der Waals surface area contributed by atoms with E-state index in [4.69, 9.17) is 11.6 Å². The number of rotatable bonds is 3. The highest BCUT2D eigenvalue weighted by atomic mass is 35.5. The van der Waals surface area contributed by atoms with Gasteiger partial charge in [0.15, 0.2) is 0 Å². The van der Waals surface area contributed by atoms with E-state index < -0.39 is 0 Å². The zero-order valence-corrected chi connectivity index (χ0v) is 10.8. The van der Waals surface area contributed by atoms with Crippen molar-refractivity contribution in [3.8, 4) is 0 Å². The lowest BCUT2D eigenvalue weighted by molar-refractivity contribution is -0.136. The summed E-state index contributed by atoms with van der Waals surface area (Å²) in [4.78, 5) is 13.9. The summed E-state index contributed by atoms with van der Waals surface area (Å²) < 4.78 is 0. The Kier molecular flexibility index (Phi) is 4.91. The smallest absolute Gasteiger partial charge is 0.225 e. The molecule has 0 aromatic heterocycles. The standard InChI is InChI=1S/C12H22ClNO/c1-4-9(2)12(15)14(3)11-8-6-5-7-10(11)13/h9-11H,4-8H2,1-3H3. The molecule has 1 amide bonds. The second-order valence-corrected chi connectivity index (χ2v) is 5.19. The zero-order valence-electron chi connectivity index (χ0n) is 10.0. The molecule has 1 aliphatic carbocycles. The summed E-state index contributed by atoms with van der Waals surface area (Å²) >= 11 is 6.28. The molecule has 0 aromatic carbocycles. The van der Waals surface area contributed by atoms with Crippen LogP contribution in [-0.2, 0) is 4.79 Å². The molecule has 88 valence electrons. The van der Waals surface area contributed by atoms with E-state index in [0.29, 0.717) is 0 Å². The molecular weight excluding hydrogens is 210 g/mol. The van der Waals surface area contributed by atoms with Gasteiger partial charge in [-0.2, -0.15) is 0 Å². The van der Waals surface area contributed by atoms with Gasteiger partial charge in [-0.1, -0.05) is 26.7 Å². The lowest BCUT2D eigenvalue weighted by Gasteiger charge is -2.36. The van der Waals surface area contributed by atoms with E-state index in [9.17, 15) is 4.79 Å². The number of hydrogen-bond donors (Lipinski definition) is 0. The molecule has 0 radical (unpaired) electrons. The molecule has 0 bridgehead atoms. The molecule has 0 aromatic rings. The molecule has 1 saturated carbocycles. The highest BCUT2D eigenvalue weighted by molar-refractivity contribution is 6.21. The summed E-state index contributed by atoms with van der Waals surface area (Å²) in [5.74, 6) is 0.371. The lowest BCUT2D eigenvalue weighted by atomic mass is 9.93. The van der Waals surface area contributed by atoms with Gasteiger partial charge in [0, 0.05) is 19.0 Å². The van der Waals surface area contributed by atoms with Crippen molar-refractivity contribution >= 4 is 17.5 Å². The van der Waals surface area contributed by atoms with Crippen LogP contribution in [0.5, 0.6) is 0 Å². The molecule has 1 aliphatic rings. The van der Waals surface area contributed by atoms with Crippen LogP contribution in [0.2, 0.25) is 0 Å². The second kappa shape index (κ2) is 5.74. The van der Waals surface area contributed by atoms with Gasteiger partial charge in [0.05, 0.1) is 5.38 Å². The summed E-state index contributed by atoms with van der Waals surface area (Å²) in [6, 6.07) is 0.252. The molecule has 3 atom stereocenters. The third-order valence-corrected chi connectivity index (χ3v) is 4.04. The van der Waals surface area contributed by atoms with Crippen LogP contribution in [0.1, 0.15) is 46.0 Å². The van der Waals surface area contributed by atoms with Gasteiger partial charge in [0.1, 0.15) is 0 Å². The molecule has 15 heavy (non-hydrogen) atoms. The predicted molar refractivity (Wildman–Crippen MR) is 64.1 cm³/mol. The fraction of sp³-hybridized carbons (Fsp3) is 0.917. The minimum atomic E-state index is 0.126. The van der Waals surface area contributed by atoms with Crippen molar-refractivity contribution in [1.29, 1.82) is 0 Å². The Hall–Kier alpha value is -0.240. The minimum absolute atomic E-state index is 0.126. The quantitative estimate of drug-likeness (QED) is 0.684. The van der Waals surface area contributed by atoms with Crippen LogP contribution in [0.4, 0.5) is 0 Å². The highest BCUT2D eigenvalue weighted by Crippen LogP contribution is 2.27. The first kappa shape index (κ1) is 12.8. The maximum atomic E-state index is 12.0. The van der Waals surface area contributed by atoms with Gasteiger partial charge in [-0.15, -0.1) is 11.6 Å². The van der Waals surface area contributed by atoms with E-state index in [2.05, 4.69) is 6.92 Å². The first-order valence-corrected chi connectivity index (χ1v) is 6.42. The van der Waals surface area contributed by atoms with Gasteiger partial charge in [0.25, 0.3) is 0 Å². The summed E-state index contributed by atoms with van der Waals surface area (Å²) in [5, 5.41) is 0.150. The van der Waals surface area contributed by atoms with E-state index in [1.54, 1.807) is 0 Å². The van der Waals surface area contributed by atoms with Crippen LogP contribution in [0.25, 0.3) is 0 Å². The first-order chi connectivity index (χ1) is 7.07. The summed E-state index contributed by atoms with van der Waals surface area (Å²) in [5.41, 5.74) is 0. The van der Waals surface area contributed by atoms with Crippen LogP contribution < -0.4 is 0 Å². The van der Waals surface area contributed by atoms with Gasteiger partial charge in [0.2, 0.25) is 5.91 Å². The normalized spacial score (nSPS) is 28.5. The Morgan fingerprint density at radius 2 is 2.07 bits per heavy atom. The van der Waals surface area contributed by atoms with Crippen molar-refractivity contribution in [3.63, 3.8) is 0 Å². The van der Waals surface area contributed by atoms with Crippen LogP contribution in [0.15, 0.2) is 0 Å². The molecule has 0 aliphatic heterocycles. The Morgan fingerprint density at radius 3 is 2.60 bits per heavy atom. The van der Waals surface area contributed by atoms with E-state index in [1.165, 1.54) is 12.8 Å². The van der Waals surface area contributed by atoms with E-state index in [-0.39, 0.29) is 23.2 Å². The maximum absolute atomic E-state index is 12.0. The maximum Gasteiger partial charge on any atom is 0.225 e. The second-order valence-electron chi connectivity index (χ2n) is 4.63. The fourth-order valence-corrected chi connectivity index (χ4v) is 2.64. The molecule has 0 N–H and O–H groups in total. The third kappa shape index (κ3) is 3.10. The van der Waals surface area contributed by atoms with E-state index in [0.717, 1.165) is 19.3 Å². The number of alkyl halides is 1. The third-order valence-electron chi connectivity index (χ3n) is 3.53. The molecule has 0 spiro atoms. The van der Waals surface area contributed by atoms with Crippen LogP contribution in [-0.4, -0.2) is 29.3 Å². The Bertz CT molecular complexity index is 220. The van der Waals surface area contributed by atoms with E-state index in [1.807, 2.05) is 18.9 Å². The van der Waals surface area contributed by atoms with Crippen molar-refractivity contribution in [2.24, 2.45) is 5.92 Å². The van der Waals surface area contributed by atoms with Crippen LogP contribution in [0, 0.1) is 5.92 Å². The molecule has 0 saturated heterocycles. The highest BCUT2D eigenvalue weighted by Gasteiger charge is 2.30. The molecule has 3 unspecified atom stereocenters. The van der Waals surface area contributed by atoms with Crippen LogP contribution >= 0.6 is 11.6 Å². The molecule has 3 heteroatoms. The monoisotopic (exact) mass is 231 g/mol. The molecule has 2 nitrogen and oxygen atoms in total. The number of halogens is 1. The van der Waals surface area contributed by atoms with Gasteiger partial charge in [-0.05, 0) is 19.3 Å². The zero-order chi connectivity index (χ0) is 11.4. The fourth-order valence-electron chi connectivity index (χ4n) is 2.19. The summed E-state index contributed by atoms with van der Waals surface area (Å²) in [7, 11) is 1.90. The molecule has 1 fully saturated rings. The lowest BCUT2D eigenvalue weighted by Crippen LogP contribution is -2.46. The van der Waals surface area contributed by atoms with Crippen molar-refractivity contribution in [3.05, 3.63) is 0 Å². The topological polar surface area (TPSA) is 20.3 Å².